The highest BCUT2D eigenvalue weighted by Gasteiger charge is 2.29. The zero-order valence-corrected chi connectivity index (χ0v) is 7.71. The van der Waals surface area contributed by atoms with Crippen molar-refractivity contribution in [3.8, 4) is 0 Å². The molecule has 3 aliphatic rings. The molecule has 0 aromatic carbocycles. The van der Waals surface area contributed by atoms with E-state index >= 15 is 0 Å². The molecule has 0 bridgehead atoms. The molecule has 2 N–H and O–H groups in total. The Hall–Kier alpha value is -0.800. The molecule has 3 rings (SSSR count). The molecule has 3 aliphatic heterocycles. The van der Waals surface area contributed by atoms with Crippen molar-refractivity contribution in [3.63, 3.8) is 0 Å². The van der Waals surface area contributed by atoms with Gasteiger partial charge in [0.1, 0.15) is 0 Å². The topological polar surface area (TPSA) is 27.3 Å². The Balaban J connectivity index is 1.98. The Bertz CT molecular complexity index is 280. The second-order valence-electron chi connectivity index (χ2n) is 3.91. The van der Waals surface area contributed by atoms with E-state index in [1.807, 2.05) is 0 Å². The molecule has 1 atom stereocenters. The molecule has 0 amide bonds. The zero-order chi connectivity index (χ0) is 8.67. The van der Waals surface area contributed by atoms with E-state index in [4.69, 9.17) is 0 Å². The van der Waals surface area contributed by atoms with Gasteiger partial charge in [0.2, 0.25) is 0 Å². The van der Waals surface area contributed by atoms with Gasteiger partial charge in [-0.05, 0) is 18.1 Å². The van der Waals surface area contributed by atoms with Gasteiger partial charge in [-0.3, -0.25) is 5.32 Å². The van der Waals surface area contributed by atoms with Gasteiger partial charge in [0, 0.05) is 38.0 Å². The number of hydrogen-bond acceptors (Lipinski definition) is 3. The highest BCUT2D eigenvalue weighted by atomic mass is 15.2. The van der Waals surface area contributed by atoms with Crippen molar-refractivity contribution in [2.75, 3.05) is 26.3 Å². The average molecular weight is 177 g/mol. The van der Waals surface area contributed by atoms with E-state index in [1.165, 1.54) is 18.7 Å². The minimum atomic E-state index is 0.634. The van der Waals surface area contributed by atoms with Crippen LogP contribution in [0.1, 0.15) is 6.42 Å². The number of hydrogen-bond donors (Lipinski definition) is 2. The van der Waals surface area contributed by atoms with Gasteiger partial charge in [-0.25, -0.2) is 0 Å². The molecule has 1 unspecified atom stereocenters. The van der Waals surface area contributed by atoms with Crippen LogP contribution < -0.4 is 10.6 Å². The smallest absolute Gasteiger partial charge is 0.0461 e. The molecule has 0 saturated carbocycles. The normalized spacial score (nSPS) is 32.0. The summed E-state index contributed by atoms with van der Waals surface area (Å²) < 4.78 is 0. The van der Waals surface area contributed by atoms with Gasteiger partial charge in [0.05, 0.1) is 0 Å². The Kier molecular flexibility index (Phi) is 1.67. The van der Waals surface area contributed by atoms with Gasteiger partial charge in [-0.1, -0.05) is 6.08 Å². The third kappa shape index (κ3) is 1.11. The minimum absolute atomic E-state index is 0.634. The SMILES string of the molecule is C1=CC2=C3CNCNC3CCN2C1. The maximum atomic E-state index is 3.50. The van der Waals surface area contributed by atoms with Crippen molar-refractivity contribution in [2.24, 2.45) is 0 Å². The van der Waals surface area contributed by atoms with Gasteiger partial charge >= 0.3 is 0 Å². The van der Waals surface area contributed by atoms with E-state index in [-0.39, 0.29) is 0 Å². The van der Waals surface area contributed by atoms with Crippen molar-refractivity contribution in [1.82, 2.24) is 15.5 Å². The summed E-state index contributed by atoms with van der Waals surface area (Å²) in [5, 5.41) is 6.87. The highest BCUT2D eigenvalue weighted by Crippen LogP contribution is 2.27. The standard InChI is InChI=1S/C10H15N3/c1-2-10-8-6-11-7-12-9(8)3-5-13(10)4-1/h1-2,9,11-12H,3-7H2. The molecule has 0 aromatic heterocycles. The van der Waals surface area contributed by atoms with Crippen LogP contribution in [0.3, 0.4) is 0 Å². The fourth-order valence-corrected chi connectivity index (χ4v) is 2.49. The summed E-state index contributed by atoms with van der Waals surface area (Å²) in [4.78, 5) is 2.47. The average Bonchev–Trinajstić information content (AvgIpc) is 2.65. The lowest BCUT2D eigenvalue weighted by Crippen LogP contribution is -2.51. The first-order chi connectivity index (χ1) is 6.45. The maximum Gasteiger partial charge on any atom is 0.0461 e. The summed E-state index contributed by atoms with van der Waals surface area (Å²) >= 11 is 0. The number of fused-ring (bicyclic) bond motifs is 2. The Labute approximate surface area is 78.5 Å². The second-order valence-corrected chi connectivity index (χ2v) is 3.91. The lowest BCUT2D eigenvalue weighted by atomic mass is 9.96. The van der Waals surface area contributed by atoms with Gasteiger partial charge in [0.15, 0.2) is 0 Å². The molecule has 13 heavy (non-hydrogen) atoms. The Morgan fingerprint density at radius 3 is 3.46 bits per heavy atom. The molecule has 0 aliphatic carbocycles. The molecule has 0 spiro atoms. The Morgan fingerprint density at radius 1 is 1.46 bits per heavy atom. The summed E-state index contributed by atoms with van der Waals surface area (Å²) in [6.45, 7) is 4.36. The van der Waals surface area contributed by atoms with Crippen molar-refractivity contribution in [2.45, 2.75) is 12.5 Å². The van der Waals surface area contributed by atoms with Gasteiger partial charge < -0.3 is 10.2 Å². The highest BCUT2D eigenvalue weighted by molar-refractivity contribution is 5.36. The quantitative estimate of drug-likeness (QED) is 0.547. The lowest BCUT2D eigenvalue weighted by Gasteiger charge is -2.37. The summed E-state index contributed by atoms with van der Waals surface area (Å²) in [7, 11) is 0. The zero-order valence-electron chi connectivity index (χ0n) is 7.71. The third-order valence-corrected chi connectivity index (χ3v) is 3.17. The number of nitrogens with zero attached hydrogens (tertiary/aromatic N) is 1. The molecule has 3 heterocycles. The third-order valence-electron chi connectivity index (χ3n) is 3.17. The number of nitrogens with one attached hydrogen (secondary N) is 2. The van der Waals surface area contributed by atoms with Crippen LogP contribution in [-0.2, 0) is 0 Å². The monoisotopic (exact) mass is 177 g/mol. The van der Waals surface area contributed by atoms with E-state index in [1.54, 1.807) is 5.57 Å². The first-order valence-electron chi connectivity index (χ1n) is 5.04. The van der Waals surface area contributed by atoms with Crippen LogP contribution in [0.15, 0.2) is 23.4 Å². The van der Waals surface area contributed by atoms with Crippen LogP contribution in [-0.4, -0.2) is 37.2 Å². The van der Waals surface area contributed by atoms with Crippen LogP contribution >= 0.6 is 0 Å². The van der Waals surface area contributed by atoms with Crippen molar-refractivity contribution in [3.05, 3.63) is 23.4 Å². The van der Waals surface area contributed by atoms with Crippen LogP contribution in [0, 0.1) is 0 Å². The van der Waals surface area contributed by atoms with E-state index in [0.29, 0.717) is 6.04 Å². The van der Waals surface area contributed by atoms with E-state index in [0.717, 1.165) is 19.8 Å². The molecule has 0 radical (unpaired) electrons. The van der Waals surface area contributed by atoms with E-state index in [2.05, 4.69) is 27.7 Å². The molecule has 0 aromatic rings. The van der Waals surface area contributed by atoms with Crippen LogP contribution in [0.5, 0.6) is 0 Å². The predicted molar refractivity (Wildman–Crippen MR) is 52.1 cm³/mol. The van der Waals surface area contributed by atoms with Crippen LogP contribution in [0.25, 0.3) is 0 Å². The van der Waals surface area contributed by atoms with Crippen LogP contribution in [0.4, 0.5) is 0 Å². The molecule has 1 fully saturated rings. The molecular formula is C10H15N3. The van der Waals surface area contributed by atoms with Crippen LogP contribution in [0.2, 0.25) is 0 Å². The van der Waals surface area contributed by atoms with Gasteiger partial charge in [-0.15, -0.1) is 0 Å². The Morgan fingerprint density at radius 2 is 2.46 bits per heavy atom. The fraction of sp³-hybridized carbons (Fsp3) is 0.600. The molecular weight excluding hydrogens is 162 g/mol. The number of rotatable bonds is 0. The van der Waals surface area contributed by atoms with Crippen molar-refractivity contribution < 1.29 is 0 Å². The van der Waals surface area contributed by atoms with E-state index < -0.39 is 0 Å². The summed E-state index contributed by atoms with van der Waals surface area (Å²) in [5.41, 5.74) is 3.03. The van der Waals surface area contributed by atoms with Gasteiger partial charge in [-0.2, -0.15) is 0 Å². The van der Waals surface area contributed by atoms with Crippen molar-refractivity contribution in [1.29, 1.82) is 0 Å². The molecule has 3 nitrogen and oxygen atoms in total. The number of allylic oxidation sites excluding steroid dienone is 1. The minimum Gasteiger partial charge on any atom is -0.368 e. The maximum absolute atomic E-state index is 3.50. The predicted octanol–water partition coefficient (Wildman–Crippen LogP) is 0.0349. The summed E-state index contributed by atoms with van der Waals surface area (Å²) in [6.07, 6.45) is 5.80. The van der Waals surface area contributed by atoms with Gasteiger partial charge in [0.25, 0.3) is 0 Å². The second kappa shape index (κ2) is 2.86. The summed E-state index contributed by atoms with van der Waals surface area (Å²) in [5.74, 6) is 0. The summed E-state index contributed by atoms with van der Waals surface area (Å²) in [6, 6.07) is 0.634. The van der Waals surface area contributed by atoms with E-state index in [9.17, 15) is 0 Å². The first kappa shape index (κ1) is 7.59. The largest absolute Gasteiger partial charge is 0.368 e. The van der Waals surface area contributed by atoms with Crippen molar-refractivity contribution >= 4 is 0 Å². The lowest BCUT2D eigenvalue weighted by molar-refractivity contribution is 0.312. The molecule has 70 valence electrons. The first-order valence-corrected chi connectivity index (χ1v) is 5.04. The fourth-order valence-electron chi connectivity index (χ4n) is 2.49. The molecule has 1 saturated heterocycles. The molecule has 3 heteroatoms.